The van der Waals surface area contributed by atoms with E-state index in [9.17, 15) is 37.5 Å². The van der Waals surface area contributed by atoms with Gasteiger partial charge in [-0.3, -0.25) is 18.9 Å². The summed E-state index contributed by atoms with van der Waals surface area (Å²) in [5.41, 5.74) is -3.57. The molecule has 0 aromatic rings. The summed E-state index contributed by atoms with van der Waals surface area (Å²) in [6.07, 6.45) is -0.476. The second-order valence-corrected chi connectivity index (χ2v) is 14.4. The minimum absolute atomic E-state index is 0.0972. The predicted molar refractivity (Wildman–Crippen MR) is 146 cm³/mol. The first-order valence-electron chi connectivity index (χ1n) is 14.0. The zero-order valence-corrected chi connectivity index (χ0v) is 25.4. The average Bonchev–Trinajstić information content (AvgIpc) is 3.19. The summed E-state index contributed by atoms with van der Waals surface area (Å²) in [7, 11) is -5.19. The van der Waals surface area contributed by atoms with Crippen molar-refractivity contribution in [2.24, 2.45) is 17.3 Å². The molecule has 42 heavy (non-hydrogen) atoms. The second kappa shape index (κ2) is 12.7. The number of alkyl carbamates (subject to hydrolysis) is 1. The number of ether oxygens (including phenoxy) is 2. The maximum atomic E-state index is 13.2. The second-order valence-electron chi connectivity index (χ2n) is 12.9. The lowest BCUT2D eigenvalue weighted by Crippen LogP contribution is -2.66. The highest BCUT2D eigenvalue weighted by atomic mass is 32.2. The topological polar surface area (TPSA) is 218 Å². The first-order chi connectivity index (χ1) is 19.3. The third-order valence-electron chi connectivity index (χ3n) is 7.48. The van der Waals surface area contributed by atoms with Gasteiger partial charge in [-0.15, -0.1) is 0 Å². The van der Waals surface area contributed by atoms with E-state index < -0.39 is 75.0 Å². The maximum absolute atomic E-state index is 13.2. The molecular weight excluding hydrogens is 576 g/mol. The van der Waals surface area contributed by atoms with Gasteiger partial charge in [-0.25, -0.2) is 9.59 Å². The Balaban J connectivity index is 1.57. The van der Waals surface area contributed by atoms with E-state index in [-0.39, 0.29) is 24.2 Å². The Bertz CT molecular complexity index is 1170. The van der Waals surface area contributed by atoms with Gasteiger partial charge in [0.15, 0.2) is 0 Å². The summed E-state index contributed by atoms with van der Waals surface area (Å²) in [5, 5.41) is 17.3. The lowest BCUT2D eigenvalue weighted by molar-refractivity contribution is -0.133. The number of carbonyl (C=O) groups excluding carboxylic acids is 5. The van der Waals surface area contributed by atoms with Crippen molar-refractivity contribution < 1.29 is 51.5 Å². The van der Waals surface area contributed by atoms with Gasteiger partial charge in [0.05, 0.1) is 6.04 Å². The molecular formula is C26H42N4O11S. The number of likely N-dealkylation sites (tertiary alicyclic amines) is 1. The molecule has 2 heterocycles. The minimum Gasteiger partial charge on any atom is -0.446 e. The number of aliphatic hydroxyl groups is 1. The third kappa shape index (κ3) is 8.77. The highest BCUT2D eigenvalue weighted by molar-refractivity contribution is 7.87. The highest BCUT2D eigenvalue weighted by Gasteiger charge is 2.56. The molecule has 0 aromatic heterocycles. The van der Waals surface area contributed by atoms with Gasteiger partial charge < -0.3 is 35.4 Å². The van der Waals surface area contributed by atoms with Crippen LogP contribution in [0.25, 0.3) is 0 Å². The summed E-state index contributed by atoms with van der Waals surface area (Å²) < 4.78 is 42.8. The molecule has 238 valence electrons. The summed E-state index contributed by atoms with van der Waals surface area (Å²) >= 11 is 0. The average molecular weight is 619 g/mol. The maximum Gasteiger partial charge on any atom is 0.410 e. The number of hydrogen-bond donors (Lipinski definition) is 5. The van der Waals surface area contributed by atoms with Gasteiger partial charge in [0.2, 0.25) is 23.0 Å². The smallest absolute Gasteiger partial charge is 0.410 e. The molecule has 2 aliphatic heterocycles. The van der Waals surface area contributed by atoms with E-state index in [0.717, 1.165) is 0 Å². The fraction of sp³-hybridized carbons (Fsp3) is 0.808. The zero-order chi connectivity index (χ0) is 31.6. The van der Waals surface area contributed by atoms with Crippen molar-refractivity contribution in [2.75, 3.05) is 19.6 Å². The molecule has 0 aromatic carbocycles. The van der Waals surface area contributed by atoms with Gasteiger partial charge in [-0.1, -0.05) is 13.8 Å². The number of Topliss-reactive ketones (excluding diaryl/α,β-unsaturated/α-hetero) is 1. The molecule has 4 amide bonds. The van der Waals surface area contributed by atoms with Crippen LogP contribution in [0.4, 0.5) is 9.59 Å². The predicted octanol–water partition coefficient (Wildman–Crippen LogP) is 0.313. The Hall–Kier alpha value is -2.98. The van der Waals surface area contributed by atoms with Crippen molar-refractivity contribution in [1.82, 2.24) is 20.9 Å². The lowest BCUT2D eigenvalue weighted by Gasteiger charge is -2.57. The standard InChI is InChI=1S/C26H42N4O11S/c1-14(2)8-18(21(33)28-17(9-15-6-7-27-20(15)32)19(31)22(34)42(37,38)39)29-23(35)40-16-10-26(11-16)12-30(13-26)24(36)41-25(3,4)5/h14-18,22,34H,6-13H2,1-5H3,(H,27,32)(H,28,33)(H,29,35)(H,37,38,39)/t15-,17+,18+,22?/m1/s1. The number of hydrogen-bond acceptors (Lipinski definition) is 10. The van der Waals surface area contributed by atoms with Crippen LogP contribution < -0.4 is 16.0 Å². The molecule has 3 fully saturated rings. The third-order valence-corrected chi connectivity index (χ3v) is 8.28. The van der Waals surface area contributed by atoms with E-state index in [1.807, 2.05) is 0 Å². The first kappa shape index (κ1) is 33.5. The number of rotatable bonds is 11. The number of nitrogens with one attached hydrogen (secondary N) is 3. The molecule has 1 unspecified atom stereocenters. The van der Waals surface area contributed by atoms with Gasteiger partial charge in [-0.05, 0) is 58.8 Å². The summed E-state index contributed by atoms with van der Waals surface area (Å²) in [6.45, 7) is 10.3. The molecule has 5 N–H and O–H groups in total. The van der Waals surface area contributed by atoms with Crippen LogP contribution in [0.1, 0.15) is 66.7 Å². The van der Waals surface area contributed by atoms with E-state index >= 15 is 0 Å². The monoisotopic (exact) mass is 618 g/mol. The highest BCUT2D eigenvalue weighted by Crippen LogP contribution is 2.49. The fourth-order valence-corrected chi connectivity index (χ4v) is 5.95. The van der Waals surface area contributed by atoms with Crippen molar-refractivity contribution in [1.29, 1.82) is 0 Å². The Labute approximate surface area is 245 Å². The Kier molecular flexibility index (Phi) is 10.1. The van der Waals surface area contributed by atoms with Crippen LogP contribution in [0, 0.1) is 17.3 Å². The van der Waals surface area contributed by atoms with Crippen molar-refractivity contribution in [3.05, 3.63) is 0 Å². The van der Waals surface area contributed by atoms with Gasteiger partial charge in [0.1, 0.15) is 17.7 Å². The SMILES string of the molecule is CC(C)C[C@H](NC(=O)OC1CC2(C1)CN(C(=O)OC(C)(C)C)C2)C(=O)N[C@@H](C[C@H]1CCNC1=O)C(=O)C(O)S(=O)(=O)O. The fourth-order valence-electron chi connectivity index (χ4n) is 5.49. The van der Waals surface area contributed by atoms with Crippen LogP contribution >= 0.6 is 0 Å². The van der Waals surface area contributed by atoms with E-state index in [2.05, 4.69) is 16.0 Å². The molecule has 0 bridgehead atoms. The summed E-state index contributed by atoms with van der Waals surface area (Å²) in [4.78, 5) is 64.5. The van der Waals surface area contributed by atoms with Crippen LogP contribution in [0.3, 0.4) is 0 Å². The van der Waals surface area contributed by atoms with Crippen LogP contribution in [-0.4, -0.2) is 102 Å². The molecule has 3 rings (SSSR count). The molecule has 16 heteroatoms. The van der Waals surface area contributed by atoms with Crippen molar-refractivity contribution in [3.8, 4) is 0 Å². The molecule has 3 aliphatic rings. The Morgan fingerprint density at radius 3 is 2.24 bits per heavy atom. The molecule has 1 aliphatic carbocycles. The molecule has 1 spiro atoms. The number of amides is 4. The van der Waals surface area contributed by atoms with Gasteiger partial charge in [0.25, 0.3) is 10.1 Å². The van der Waals surface area contributed by atoms with Crippen molar-refractivity contribution in [3.63, 3.8) is 0 Å². The van der Waals surface area contributed by atoms with E-state index in [1.54, 1.807) is 39.5 Å². The minimum atomic E-state index is -5.19. The van der Waals surface area contributed by atoms with Crippen molar-refractivity contribution in [2.45, 2.75) is 95.9 Å². The number of aliphatic hydroxyl groups excluding tert-OH is 1. The van der Waals surface area contributed by atoms with Crippen molar-refractivity contribution >= 4 is 39.9 Å². The van der Waals surface area contributed by atoms with E-state index in [0.29, 0.717) is 38.9 Å². The number of nitrogens with zero attached hydrogens (tertiary/aromatic N) is 1. The number of carbonyl (C=O) groups is 5. The van der Waals surface area contributed by atoms with Crippen LogP contribution in [0.15, 0.2) is 0 Å². The lowest BCUT2D eigenvalue weighted by atomic mass is 9.62. The van der Waals surface area contributed by atoms with Gasteiger partial charge in [0, 0.05) is 31.0 Å². The Morgan fingerprint density at radius 2 is 1.74 bits per heavy atom. The molecule has 4 atom stereocenters. The summed E-state index contributed by atoms with van der Waals surface area (Å²) in [6, 6.07) is -2.82. The van der Waals surface area contributed by atoms with E-state index in [4.69, 9.17) is 14.0 Å². The molecule has 0 radical (unpaired) electrons. The van der Waals surface area contributed by atoms with Crippen LogP contribution in [0.2, 0.25) is 0 Å². The normalized spacial score (nSPS) is 22.3. The quantitative estimate of drug-likeness (QED) is 0.199. The largest absolute Gasteiger partial charge is 0.446 e. The first-order valence-corrected chi connectivity index (χ1v) is 15.5. The van der Waals surface area contributed by atoms with Gasteiger partial charge >= 0.3 is 12.2 Å². The van der Waals surface area contributed by atoms with Crippen LogP contribution in [0.5, 0.6) is 0 Å². The molecule has 1 saturated carbocycles. The van der Waals surface area contributed by atoms with Gasteiger partial charge in [-0.2, -0.15) is 8.42 Å². The molecule has 15 nitrogen and oxygen atoms in total. The number of ketones is 1. The van der Waals surface area contributed by atoms with E-state index in [1.165, 1.54) is 0 Å². The van der Waals surface area contributed by atoms with Crippen LogP contribution in [-0.2, 0) is 34.0 Å². The zero-order valence-electron chi connectivity index (χ0n) is 24.5. The summed E-state index contributed by atoms with van der Waals surface area (Å²) in [5.74, 6) is -3.49. The Morgan fingerprint density at radius 1 is 1.12 bits per heavy atom. The molecule has 2 saturated heterocycles.